The van der Waals surface area contributed by atoms with E-state index in [1.165, 1.54) is 19.3 Å². The number of benzene rings is 1. The quantitative estimate of drug-likeness (QED) is 0.385. The number of methoxy groups -OCH3 is 1. The Labute approximate surface area is 120 Å². The molecule has 5 heteroatoms. The molecule has 0 saturated heterocycles. The largest absolute Gasteiger partial charge is 0.497 e. The molecule has 110 valence electrons. The molecule has 1 aliphatic carbocycles. The van der Waals surface area contributed by atoms with Gasteiger partial charge in [0.1, 0.15) is 5.75 Å². The minimum atomic E-state index is 0.385. The number of rotatable bonds is 3. The van der Waals surface area contributed by atoms with Crippen LogP contribution in [0.4, 0.5) is 5.69 Å². The van der Waals surface area contributed by atoms with Crippen molar-refractivity contribution in [3.8, 4) is 5.75 Å². The van der Waals surface area contributed by atoms with Gasteiger partial charge in [0.05, 0.1) is 13.2 Å². The summed E-state index contributed by atoms with van der Waals surface area (Å²) in [6.07, 6.45) is 6.16. The second kappa shape index (κ2) is 7.14. The van der Waals surface area contributed by atoms with Crippen LogP contribution in [0.1, 0.15) is 32.1 Å². The maximum absolute atomic E-state index is 5.64. The van der Waals surface area contributed by atoms with Gasteiger partial charge in [-0.15, -0.1) is 0 Å². The smallest absolute Gasteiger partial charge is 0.212 e. The van der Waals surface area contributed by atoms with Crippen LogP contribution in [0.15, 0.2) is 29.3 Å². The number of nitrogens with zero attached hydrogens (tertiary/aromatic N) is 2. The Morgan fingerprint density at radius 3 is 2.45 bits per heavy atom. The third-order valence-electron chi connectivity index (χ3n) is 3.79. The number of ether oxygens (including phenoxy) is 1. The Morgan fingerprint density at radius 2 is 1.90 bits per heavy atom. The Bertz CT molecular complexity index is 438. The molecule has 3 N–H and O–H groups in total. The zero-order chi connectivity index (χ0) is 14.4. The van der Waals surface area contributed by atoms with Crippen LogP contribution in [0, 0.1) is 0 Å². The van der Waals surface area contributed by atoms with E-state index in [0.29, 0.717) is 12.0 Å². The predicted octanol–water partition coefficient (Wildman–Crippen LogP) is 2.28. The average Bonchev–Trinajstić information content (AvgIpc) is 2.53. The molecular formula is C15H24N4O. The first kappa shape index (κ1) is 14.7. The first-order chi connectivity index (χ1) is 9.74. The van der Waals surface area contributed by atoms with E-state index >= 15 is 0 Å². The van der Waals surface area contributed by atoms with E-state index in [4.69, 9.17) is 15.6 Å². The highest BCUT2D eigenvalue weighted by Gasteiger charge is 2.15. The molecule has 1 saturated carbocycles. The van der Waals surface area contributed by atoms with E-state index in [1.807, 2.05) is 36.2 Å². The van der Waals surface area contributed by atoms with E-state index in [0.717, 1.165) is 24.3 Å². The number of aliphatic imine (C=N–C) groups is 1. The van der Waals surface area contributed by atoms with E-state index in [2.05, 4.69) is 5.43 Å². The van der Waals surface area contributed by atoms with Gasteiger partial charge in [-0.25, -0.2) is 10.8 Å². The van der Waals surface area contributed by atoms with E-state index in [-0.39, 0.29) is 0 Å². The van der Waals surface area contributed by atoms with Gasteiger partial charge in [-0.3, -0.25) is 5.43 Å². The topological polar surface area (TPSA) is 62.9 Å². The number of hydrogen-bond acceptors (Lipinski definition) is 3. The summed E-state index contributed by atoms with van der Waals surface area (Å²) in [5.74, 6) is 7.19. The maximum atomic E-state index is 5.64. The lowest BCUT2D eigenvalue weighted by Gasteiger charge is -2.24. The third-order valence-corrected chi connectivity index (χ3v) is 3.79. The fourth-order valence-electron chi connectivity index (χ4n) is 2.53. The second-order valence-corrected chi connectivity index (χ2v) is 5.15. The van der Waals surface area contributed by atoms with Crippen LogP contribution in [0.25, 0.3) is 0 Å². The van der Waals surface area contributed by atoms with Gasteiger partial charge in [0.25, 0.3) is 0 Å². The first-order valence-electron chi connectivity index (χ1n) is 7.17. The van der Waals surface area contributed by atoms with Crippen LogP contribution in [0.3, 0.4) is 0 Å². The summed E-state index contributed by atoms with van der Waals surface area (Å²) in [5.41, 5.74) is 3.75. The molecule has 1 aliphatic rings. The minimum absolute atomic E-state index is 0.385. The van der Waals surface area contributed by atoms with E-state index < -0.39 is 0 Å². The summed E-state index contributed by atoms with van der Waals surface area (Å²) in [6, 6.07) is 8.23. The zero-order valence-corrected chi connectivity index (χ0v) is 12.3. The maximum Gasteiger partial charge on any atom is 0.212 e. The molecule has 20 heavy (non-hydrogen) atoms. The normalized spacial score (nSPS) is 16.9. The summed E-state index contributed by atoms with van der Waals surface area (Å²) >= 11 is 0. The van der Waals surface area contributed by atoms with Gasteiger partial charge in [0.2, 0.25) is 5.96 Å². The van der Waals surface area contributed by atoms with Crippen LogP contribution in [-0.2, 0) is 0 Å². The second-order valence-electron chi connectivity index (χ2n) is 5.15. The Hall–Kier alpha value is -1.75. The van der Waals surface area contributed by atoms with Crippen molar-refractivity contribution < 1.29 is 4.74 Å². The third kappa shape index (κ3) is 3.63. The molecule has 0 unspecified atom stereocenters. The van der Waals surface area contributed by atoms with E-state index in [1.54, 1.807) is 7.11 Å². The summed E-state index contributed by atoms with van der Waals surface area (Å²) in [4.78, 5) is 6.71. The molecule has 0 heterocycles. The Kier molecular flexibility index (Phi) is 5.24. The van der Waals surface area contributed by atoms with Crippen molar-refractivity contribution in [2.24, 2.45) is 10.8 Å². The number of nitrogens with one attached hydrogen (secondary N) is 1. The highest BCUT2D eigenvalue weighted by atomic mass is 16.5. The molecule has 0 radical (unpaired) electrons. The van der Waals surface area contributed by atoms with Crippen molar-refractivity contribution in [3.63, 3.8) is 0 Å². The molecular weight excluding hydrogens is 252 g/mol. The summed E-state index contributed by atoms with van der Waals surface area (Å²) in [5, 5.41) is 0. The highest BCUT2D eigenvalue weighted by Crippen LogP contribution is 2.22. The van der Waals surface area contributed by atoms with Crippen molar-refractivity contribution >= 4 is 11.6 Å². The standard InChI is InChI=1S/C15H24N4O/c1-19(13-8-10-14(20-2)11-9-13)15(18-16)17-12-6-4-3-5-7-12/h8-12H,3-7,16H2,1-2H3,(H,17,18). The van der Waals surface area contributed by atoms with Crippen LogP contribution in [0.2, 0.25) is 0 Å². The van der Waals surface area contributed by atoms with Crippen molar-refractivity contribution in [2.45, 2.75) is 38.1 Å². The molecule has 0 amide bonds. The minimum Gasteiger partial charge on any atom is -0.497 e. The molecule has 0 spiro atoms. The van der Waals surface area contributed by atoms with Gasteiger partial charge in [0, 0.05) is 12.7 Å². The molecule has 2 rings (SSSR count). The van der Waals surface area contributed by atoms with Gasteiger partial charge < -0.3 is 9.64 Å². The van der Waals surface area contributed by atoms with Crippen molar-refractivity contribution in [1.82, 2.24) is 5.43 Å². The van der Waals surface area contributed by atoms with Gasteiger partial charge >= 0.3 is 0 Å². The van der Waals surface area contributed by atoms with Crippen molar-refractivity contribution in [3.05, 3.63) is 24.3 Å². The zero-order valence-electron chi connectivity index (χ0n) is 12.3. The number of guanidine groups is 1. The molecule has 0 atom stereocenters. The summed E-state index contributed by atoms with van der Waals surface area (Å²) in [6.45, 7) is 0. The summed E-state index contributed by atoms with van der Waals surface area (Å²) < 4.78 is 5.17. The molecule has 0 aromatic heterocycles. The van der Waals surface area contributed by atoms with E-state index in [9.17, 15) is 0 Å². The first-order valence-corrected chi connectivity index (χ1v) is 7.17. The fraction of sp³-hybridized carbons (Fsp3) is 0.533. The van der Waals surface area contributed by atoms with Gasteiger partial charge in [-0.2, -0.15) is 0 Å². The van der Waals surface area contributed by atoms with Crippen molar-refractivity contribution in [1.29, 1.82) is 0 Å². The summed E-state index contributed by atoms with van der Waals surface area (Å²) in [7, 11) is 3.62. The predicted molar refractivity (Wildman–Crippen MR) is 83.0 cm³/mol. The Morgan fingerprint density at radius 1 is 1.25 bits per heavy atom. The highest BCUT2D eigenvalue weighted by molar-refractivity contribution is 5.95. The van der Waals surface area contributed by atoms with Crippen LogP contribution in [0.5, 0.6) is 5.75 Å². The van der Waals surface area contributed by atoms with Gasteiger partial charge in [0.15, 0.2) is 0 Å². The SMILES string of the molecule is COc1ccc(N(C)C(=NC2CCCCC2)NN)cc1. The van der Waals surface area contributed by atoms with Gasteiger partial charge in [-0.05, 0) is 37.1 Å². The fourth-order valence-corrected chi connectivity index (χ4v) is 2.53. The molecule has 5 nitrogen and oxygen atoms in total. The number of nitrogens with two attached hydrogens (primary N) is 1. The number of hydrazine groups is 1. The Balaban J connectivity index is 2.10. The number of anilines is 1. The molecule has 1 aromatic carbocycles. The molecule has 0 aliphatic heterocycles. The van der Waals surface area contributed by atoms with Crippen LogP contribution in [-0.4, -0.2) is 26.2 Å². The van der Waals surface area contributed by atoms with Crippen molar-refractivity contribution in [2.75, 3.05) is 19.1 Å². The average molecular weight is 276 g/mol. The van der Waals surface area contributed by atoms with Gasteiger partial charge in [-0.1, -0.05) is 19.3 Å². The molecule has 1 aromatic rings. The monoisotopic (exact) mass is 276 g/mol. The molecule has 1 fully saturated rings. The van der Waals surface area contributed by atoms with Crippen LogP contribution >= 0.6 is 0 Å². The molecule has 0 bridgehead atoms. The van der Waals surface area contributed by atoms with Crippen LogP contribution < -0.4 is 20.9 Å². The lowest BCUT2D eigenvalue weighted by molar-refractivity contribution is 0.415. The number of hydrogen-bond donors (Lipinski definition) is 2. The lowest BCUT2D eigenvalue weighted by Crippen LogP contribution is -2.43. The lowest BCUT2D eigenvalue weighted by atomic mass is 9.96.